The maximum absolute atomic E-state index is 11.0. The van der Waals surface area contributed by atoms with Gasteiger partial charge in [-0.05, 0) is 30.7 Å². The van der Waals surface area contributed by atoms with Crippen molar-refractivity contribution in [1.82, 2.24) is 24.7 Å². The van der Waals surface area contributed by atoms with E-state index in [9.17, 15) is 4.79 Å². The van der Waals surface area contributed by atoms with Crippen molar-refractivity contribution in [2.75, 3.05) is 5.32 Å². The average molecular weight is 417 g/mol. The van der Waals surface area contributed by atoms with E-state index in [1.165, 1.54) is 0 Å². The van der Waals surface area contributed by atoms with Gasteiger partial charge in [0.15, 0.2) is 0 Å². The van der Waals surface area contributed by atoms with Crippen molar-refractivity contribution in [2.24, 2.45) is 12.8 Å². The molecule has 0 aliphatic rings. The predicted molar refractivity (Wildman–Crippen MR) is 113 cm³/mol. The highest BCUT2D eigenvalue weighted by Gasteiger charge is 2.14. The first kappa shape index (κ1) is 19.8. The number of aryl methyl sites for hydroxylation is 2. The van der Waals surface area contributed by atoms with Gasteiger partial charge in [0.2, 0.25) is 11.8 Å². The monoisotopic (exact) mass is 417 g/mol. The standard InChI is InChI=1S/C21H19N7O3/c1-13-6-14(9-23-8-13)18-11-24-21(26-15-10-25-28(2)12-15)27-19(18)30-16-4-3-5-17(7-16)31-20(22)29/h3-12H,1-2H3,(H2,22,29)(H,24,26,27). The zero-order chi connectivity index (χ0) is 21.8. The van der Waals surface area contributed by atoms with Crippen molar-refractivity contribution >= 4 is 17.7 Å². The molecule has 0 atom stereocenters. The number of ether oxygens (including phenoxy) is 2. The topological polar surface area (TPSA) is 130 Å². The molecule has 4 aromatic rings. The number of rotatable bonds is 6. The maximum Gasteiger partial charge on any atom is 0.409 e. The molecule has 0 saturated carbocycles. The van der Waals surface area contributed by atoms with Gasteiger partial charge >= 0.3 is 6.09 Å². The molecule has 10 nitrogen and oxygen atoms in total. The van der Waals surface area contributed by atoms with E-state index in [4.69, 9.17) is 15.2 Å². The van der Waals surface area contributed by atoms with E-state index in [1.807, 2.05) is 20.0 Å². The van der Waals surface area contributed by atoms with Crippen LogP contribution in [0.1, 0.15) is 5.56 Å². The largest absolute Gasteiger partial charge is 0.438 e. The lowest BCUT2D eigenvalue weighted by molar-refractivity contribution is 0.211. The van der Waals surface area contributed by atoms with E-state index < -0.39 is 6.09 Å². The lowest BCUT2D eigenvalue weighted by Crippen LogP contribution is -2.16. The van der Waals surface area contributed by atoms with Crippen LogP contribution in [0.2, 0.25) is 0 Å². The number of primary amides is 1. The fourth-order valence-electron chi connectivity index (χ4n) is 2.85. The van der Waals surface area contributed by atoms with Crippen LogP contribution in [0.4, 0.5) is 16.4 Å². The third kappa shape index (κ3) is 4.93. The summed E-state index contributed by atoms with van der Waals surface area (Å²) < 4.78 is 12.6. The number of hydrogen-bond acceptors (Lipinski definition) is 8. The van der Waals surface area contributed by atoms with Gasteiger partial charge in [-0.25, -0.2) is 9.78 Å². The number of nitrogens with zero attached hydrogens (tertiary/aromatic N) is 5. The van der Waals surface area contributed by atoms with E-state index in [0.717, 1.165) is 16.8 Å². The normalized spacial score (nSPS) is 10.5. The first-order valence-corrected chi connectivity index (χ1v) is 9.26. The predicted octanol–water partition coefficient (Wildman–Crippen LogP) is 3.57. The second kappa shape index (κ2) is 8.49. The maximum atomic E-state index is 11.0. The van der Waals surface area contributed by atoms with E-state index in [1.54, 1.807) is 59.9 Å². The molecule has 3 aromatic heterocycles. The number of hydrogen-bond donors (Lipinski definition) is 2. The van der Waals surface area contributed by atoms with Gasteiger partial charge in [-0.2, -0.15) is 10.1 Å². The van der Waals surface area contributed by atoms with Crippen molar-refractivity contribution in [3.8, 4) is 28.5 Å². The number of nitrogens with two attached hydrogens (primary N) is 1. The van der Waals surface area contributed by atoms with E-state index in [0.29, 0.717) is 23.1 Å². The third-order valence-electron chi connectivity index (χ3n) is 4.14. The molecule has 1 amide bonds. The van der Waals surface area contributed by atoms with Crippen LogP contribution in [0, 0.1) is 6.92 Å². The van der Waals surface area contributed by atoms with Crippen LogP contribution in [0.15, 0.2) is 61.3 Å². The average Bonchev–Trinajstić information content (AvgIpc) is 3.12. The summed E-state index contributed by atoms with van der Waals surface area (Å²) in [5.41, 5.74) is 8.25. The number of carbonyl (C=O) groups is 1. The lowest BCUT2D eigenvalue weighted by Gasteiger charge is -2.12. The van der Waals surface area contributed by atoms with E-state index in [2.05, 4.69) is 25.4 Å². The fourth-order valence-corrected chi connectivity index (χ4v) is 2.85. The van der Waals surface area contributed by atoms with Crippen LogP contribution in [-0.4, -0.2) is 30.8 Å². The molecular weight excluding hydrogens is 398 g/mol. The number of anilines is 2. The third-order valence-corrected chi connectivity index (χ3v) is 4.14. The molecule has 156 valence electrons. The minimum Gasteiger partial charge on any atom is -0.438 e. The Labute approximate surface area is 177 Å². The Morgan fingerprint density at radius 3 is 2.71 bits per heavy atom. The van der Waals surface area contributed by atoms with Gasteiger partial charge in [0.1, 0.15) is 11.5 Å². The summed E-state index contributed by atoms with van der Waals surface area (Å²) in [6.45, 7) is 1.95. The molecule has 0 saturated heterocycles. The smallest absolute Gasteiger partial charge is 0.409 e. The van der Waals surface area contributed by atoms with Crippen molar-refractivity contribution in [3.05, 3.63) is 66.9 Å². The Balaban J connectivity index is 1.71. The Morgan fingerprint density at radius 2 is 1.97 bits per heavy atom. The number of carbonyl (C=O) groups excluding carboxylic acids is 1. The summed E-state index contributed by atoms with van der Waals surface area (Å²) in [4.78, 5) is 24.2. The summed E-state index contributed by atoms with van der Waals surface area (Å²) >= 11 is 0. The molecule has 1 aromatic carbocycles. The van der Waals surface area contributed by atoms with Gasteiger partial charge in [0.05, 0.1) is 17.4 Å². The zero-order valence-electron chi connectivity index (χ0n) is 16.8. The van der Waals surface area contributed by atoms with Crippen LogP contribution in [0.5, 0.6) is 17.4 Å². The Kier molecular flexibility index (Phi) is 5.43. The number of nitrogens with one attached hydrogen (secondary N) is 1. The molecule has 3 heterocycles. The van der Waals surface area contributed by atoms with Crippen molar-refractivity contribution in [3.63, 3.8) is 0 Å². The summed E-state index contributed by atoms with van der Waals surface area (Å²) in [7, 11) is 1.82. The molecule has 0 spiro atoms. The summed E-state index contributed by atoms with van der Waals surface area (Å²) in [5.74, 6) is 1.29. The van der Waals surface area contributed by atoms with Crippen molar-refractivity contribution in [1.29, 1.82) is 0 Å². The number of pyridine rings is 1. The SMILES string of the molecule is Cc1cncc(-c2cnc(Nc3cnn(C)c3)nc2Oc2cccc(OC(N)=O)c2)c1. The molecule has 0 unspecified atom stereocenters. The lowest BCUT2D eigenvalue weighted by atomic mass is 10.1. The molecule has 31 heavy (non-hydrogen) atoms. The highest BCUT2D eigenvalue weighted by atomic mass is 16.5. The number of amides is 1. The van der Waals surface area contributed by atoms with Gasteiger partial charge < -0.3 is 20.5 Å². The van der Waals surface area contributed by atoms with Crippen LogP contribution in [0.25, 0.3) is 11.1 Å². The van der Waals surface area contributed by atoms with Crippen molar-refractivity contribution in [2.45, 2.75) is 6.92 Å². The number of aromatic nitrogens is 5. The first-order valence-electron chi connectivity index (χ1n) is 9.26. The van der Waals surface area contributed by atoms with Gasteiger partial charge in [-0.15, -0.1) is 0 Å². The minimum absolute atomic E-state index is 0.256. The molecule has 0 bridgehead atoms. The van der Waals surface area contributed by atoms with Crippen LogP contribution in [0.3, 0.4) is 0 Å². The molecule has 4 rings (SSSR count). The van der Waals surface area contributed by atoms with E-state index >= 15 is 0 Å². The quantitative estimate of drug-likeness (QED) is 0.487. The first-order chi connectivity index (χ1) is 15.0. The van der Waals surface area contributed by atoms with E-state index in [-0.39, 0.29) is 5.75 Å². The molecule has 0 radical (unpaired) electrons. The Bertz CT molecular complexity index is 1240. The number of benzene rings is 1. The van der Waals surface area contributed by atoms with Gasteiger partial charge in [-0.1, -0.05) is 6.07 Å². The second-order valence-electron chi connectivity index (χ2n) is 6.69. The highest BCUT2D eigenvalue weighted by Crippen LogP contribution is 2.33. The Morgan fingerprint density at radius 1 is 1.13 bits per heavy atom. The zero-order valence-corrected chi connectivity index (χ0v) is 16.8. The molecule has 3 N–H and O–H groups in total. The van der Waals surface area contributed by atoms with Gasteiger partial charge in [0.25, 0.3) is 0 Å². The van der Waals surface area contributed by atoms with Crippen LogP contribution >= 0.6 is 0 Å². The molecule has 0 fully saturated rings. The molecule has 0 aliphatic heterocycles. The minimum atomic E-state index is -0.909. The second-order valence-corrected chi connectivity index (χ2v) is 6.69. The van der Waals surface area contributed by atoms with Crippen LogP contribution in [-0.2, 0) is 7.05 Å². The van der Waals surface area contributed by atoms with Gasteiger partial charge in [-0.3, -0.25) is 9.67 Å². The fraction of sp³-hybridized carbons (Fsp3) is 0.0952. The summed E-state index contributed by atoms with van der Waals surface area (Å²) in [6, 6.07) is 8.48. The molecule has 0 aliphatic carbocycles. The molecular formula is C21H19N7O3. The summed E-state index contributed by atoms with van der Waals surface area (Å²) in [5, 5.41) is 7.21. The van der Waals surface area contributed by atoms with Crippen molar-refractivity contribution < 1.29 is 14.3 Å². The van der Waals surface area contributed by atoms with Crippen LogP contribution < -0.4 is 20.5 Å². The van der Waals surface area contributed by atoms with Gasteiger partial charge in [0, 0.05) is 43.5 Å². The summed E-state index contributed by atoms with van der Waals surface area (Å²) in [6.07, 6.45) is 7.67. The highest BCUT2D eigenvalue weighted by molar-refractivity contribution is 5.70. The Hall–Kier alpha value is -4.47. The molecule has 10 heteroatoms.